The lowest BCUT2D eigenvalue weighted by Crippen LogP contribution is -2.42. The topological polar surface area (TPSA) is 47.3 Å². The van der Waals surface area contributed by atoms with E-state index in [9.17, 15) is 4.39 Å². The predicted molar refractivity (Wildman–Crippen MR) is 68.3 cm³/mol. The van der Waals surface area contributed by atoms with Crippen LogP contribution >= 0.6 is 15.9 Å². The lowest BCUT2D eigenvalue weighted by atomic mass is 9.99. The van der Waals surface area contributed by atoms with Gasteiger partial charge in [-0.25, -0.2) is 4.39 Å². The Kier molecular flexibility index (Phi) is 4.50. The van der Waals surface area contributed by atoms with Crippen LogP contribution in [0.2, 0.25) is 0 Å². The third-order valence-corrected chi connectivity index (χ3v) is 3.39. The van der Waals surface area contributed by atoms with E-state index in [1.165, 1.54) is 6.07 Å². The van der Waals surface area contributed by atoms with Crippen molar-refractivity contribution in [1.82, 2.24) is 5.32 Å². The van der Waals surface area contributed by atoms with Crippen LogP contribution in [0.15, 0.2) is 22.7 Å². The molecule has 2 atom stereocenters. The summed E-state index contributed by atoms with van der Waals surface area (Å²) in [5.41, 5.74) is 6.59. The maximum absolute atomic E-state index is 13.6. The Bertz CT molecular complexity index is 383. The summed E-state index contributed by atoms with van der Waals surface area (Å²) in [4.78, 5) is 0. The molecule has 3 nitrogen and oxygen atoms in total. The predicted octanol–water partition coefficient (Wildman–Crippen LogP) is 1.97. The molecule has 1 aromatic rings. The molecule has 5 heteroatoms. The van der Waals surface area contributed by atoms with Gasteiger partial charge in [0, 0.05) is 28.7 Å². The van der Waals surface area contributed by atoms with Crippen LogP contribution in [0.4, 0.5) is 4.39 Å². The highest BCUT2D eigenvalue weighted by Gasteiger charge is 2.19. The molecule has 0 saturated carbocycles. The molecule has 0 aliphatic carbocycles. The zero-order chi connectivity index (χ0) is 12.3. The molecule has 1 heterocycles. The molecule has 1 aliphatic heterocycles. The standard InChI is InChI=1S/C12H16BrFN2O/c13-8-1-2-11(14)10(5-8)12(15)6-9-7-17-4-3-16-9/h1-2,5,9,12,16H,3-4,6-7,15H2. The van der Waals surface area contributed by atoms with Crippen LogP contribution in [0.5, 0.6) is 0 Å². The fourth-order valence-corrected chi connectivity index (χ4v) is 2.38. The second-order valence-electron chi connectivity index (χ2n) is 4.23. The first-order valence-electron chi connectivity index (χ1n) is 5.68. The number of nitrogens with one attached hydrogen (secondary N) is 1. The van der Waals surface area contributed by atoms with Crippen LogP contribution in [0.1, 0.15) is 18.0 Å². The fraction of sp³-hybridized carbons (Fsp3) is 0.500. The van der Waals surface area contributed by atoms with Gasteiger partial charge in [0.1, 0.15) is 5.82 Å². The van der Waals surface area contributed by atoms with E-state index in [4.69, 9.17) is 10.5 Å². The Labute approximate surface area is 109 Å². The minimum atomic E-state index is -0.313. The average Bonchev–Trinajstić information content (AvgIpc) is 2.33. The van der Waals surface area contributed by atoms with E-state index < -0.39 is 0 Å². The number of nitrogens with two attached hydrogens (primary N) is 1. The monoisotopic (exact) mass is 302 g/mol. The molecule has 17 heavy (non-hydrogen) atoms. The molecular formula is C12H16BrFN2O. The molecule has 2 unspecified atom stereocenters. The normalized spacial score (nSPS) is 22.4. The molecule has 1 aromatic carbocycles. The second-order valence-corrected chi connectivity index (χ2v) is 5.15. The molecule has 0 aromatic heterocycles. The largest absolute Gasteiger partial charge is 0.379 e. The van der Waals surface area contributed by atoms with Gasteiger partial charge < -0.3 is 15.8 Å². The molecule has 0 radical (unpaired) electrons. The smallest absolute Gasteiger partial charge is 0.128 e. The van der Waals surface area contributed by atoms with Crippen molar-refractivity contribution < 1.29 is 9.13 Å². The van der Waals surface area contributed by atoms with E-state index in [0.717, 1.165) is 17.6 Å². The zero-order valence-corrected chi connectivity index (χ0v) is 11.0. The fourth-order valence-electron chi connectivity index (χ4n) is 2.00. The first kappa shape index (κ1) is 13.0. The van der Waals surface area contributed by atoms with Gasteiger partial charge in [-0.1, -0.05) is 15.9 Å². The second kappa shape index (κ2) is 5.91. The minimum absolute atomic E-state index is 0.206. The van der Waals surface area contributed by atoms with Gasteiger partial charge in [-0.15, -0.1) is 0 Å². The van der Waals surface area contributed by atoms with Crippen molar-refractivity contribution in [2.45, 2.75) is 18.5 Å². The lowest BCUT2D eigenvalue weighted by molar-refractivity contribution is 0.0719. The highest BCUT2D eigenvalue weighted by Crippen LogP contribution is 2.23. The van der Waals surface area contributed by atoms with Crippen LogP contribution in [0.25, 0.3) is 0 Å². The molecule has 0 spiro atoms. The Morgan fingerprint density at radius 2 is 2.41 bits per heavy atom. The van der Waals surface area contributed by atoms with Gasteiger partial charge in [0.05, 0.1) is 13.2 Å². The Hall–Kier alpha value is -0.490. The first-order chi connectivity index (χ1) is 8.16. The number of rotatable bonds is 3. The van der Waals surface area contributed by atoms with E-state index in [0.29, 0.717) is 18.6 Å². The molecule has 0 bridgehead atoms. The zero-order valence-electron chi connectivity index (χ0n) is 9.46. The van der Waals surface area contributed by atoms with E-state index in [1.54, 1.807) is 12.1 Å². The number of morpholine rings is 1. The van der Waals surface area contributed by atoms with Gasteiger partial charge in [-0.05, 0) is 24.6 Å². The van der Waals surface area contributed by atoms with Crippen LogP contribution in [-0.2, 0) is 4.74 Å². The van der Waals surface area contributed by atoms with E-state index in [-0.39, 0.29) is 17.9 Å². The minimum Gasteiger partial charge on any atom is -0.379 e. The van der Waals surface area contributed by atoms with Crippen molar-refractivity contribution in [2.24, 2.45) is 5.73 Å². The highest BCUT2D eigenvalue weighted by atomic mass is 79.9. The van der Waals surface area contributed by atoms with Crippen LogP contribution in [0, 0.1) is 5.82 Å². The maximum atomic E-state index is 13.6. The summed E-state index contributed by atoms with van der Waals surface area (Å²) in [6, 6.07) is 4.74. The van der Waals surface area contributed by atoms with Crippen molar-refractivity contribution in [2.75, 3.05) is 19.8 Å². The van der Waals surface area contributed by atoms with Gasteiger partial charge in [0.2, 0.25) is 0 Å². The van der Waals surface area contributed by atoms with Crippen molar-refractivity contribution in [1.29, 1.82) is 0 Å². The maximum Gasteiger partial charge on any atom is 0.128 e. The van der Waals surface area contributed by atoms with Crippen molar-refractivity contribution in [3.05, 3.63) is 34.1 Å². The summed E-state index contributed by atoms with van der Waals surface area (Å²) >= 11 is 3.33. The van der Waals surface area contributed by atoms with E-state index >= 15 is 0 Å². The number of halogens is 2. The summed E-state index contributed by atoms with van der Waals surface area (Å²) in [6.07, 6.45) is 0.674. The SMILES string of the molecule is NC(CC1COCCN1)c1cc(Br)ccc1F. The molecular weight excluding hydrogens is 287 g/mol. The average molecular weight is 303 g/mol. The molecule has 0 amide bonds. The molecule has 3 N–H and O–H groups in total. The van der Waals surface area contributed by atoms with Crippen molar-refractivity contribution in [3.63, 3.8) is 0 Å². The Balaban J connectivity index is 2.02. The lowest BCUT2D eigenvalue weighted by Gasteiger charge is -2.26. The van der Waals surface area contributed by atoms with Gasteiger partial charge in [0.15, 0.2) is 0 Å². The summed E-state index contributed by atoms with van der Waals surface area (Å²) in [5.74, 6) is -0.252. The summed E-state index contributed by atoms with van der Waals surface area (Å²) in [5, 5.41) is 3.31. The number of hydrogen-bond donors (Lipinski definition) is 2. The van der Waals surface area contributed by atoms with Crippen molar-refractivity contribution >= 4 is 15.9 Å². The third kappa shape index (κ3) is 3.48. The molecule has 94 valence electrons. The van der Waals surface area contributed by atoms with E-state index in [2.05, 4.69) is 21.2 Å². The highest BCUT2D eigenvalue weighted by molar-refractivity contribution is 9.10. The first-order valence-corrected chi connectivity index (χ1v) is 6.48. The summed E-state index contributed by atoms with van der Waals surface area (Å²) in [7, 11) is 0. The molecule has 1 aliphatic rings. The number of benzene rings is 1. The number of hydrogen-bond acceptors (Lipinski definition) is 3. The Morgan fingerprint density at radius 3 is 3.12 bits per heavy atom. The molecule has 2 rings (SSSR count). The third-order valence-electron chi connectivity index (χ3n) is 2.89. The quantitative estimate of drug-likeness (QED) is 0.897. The van der Waals surface area contributed by atoms with Crippen molar-refractivity contribution in [3.8, 4) is 0 Å². The van der Waals surface area contributed by atoms with Crippen LogP contribution < -0.4 is 11.1 Å². The molecule has 1 saturated heterocycles. The van der Waals surface area contributed by atoms with Gasteiger partial charge in [-0.2, -0.15) is 0 Å². The van der Waals surface area contributed by atoms with Crippen LogP contribution in [-0.4, -0.2) is 25.8 Å². The number of ether oxygens (including phenoxy) is 1. The van der Waals surface area contributed by atoms with Gasteiger partial charge in [-0.3, -0.25) is 0 Å². The summed E-state index contributed by atoms with van der Waals surface area (Å²) in [6.45, 7) is 2.21. The van der Waals surface area contributed by atoms with Gasteiger partial charge >= 0.3 is 0 Å². The Morgan fingerprint density at radius 1 is 1.59 bits per heavy atom. The van der Waals surface area contributed by atoms with Crippen LogP contribution in [0.3, 0.4) is 0 Å². The van der Waals surface area contributed by atoms with Gasteiger partial charge in [0.25, 0.3) is 0 Å². The van der Waals surface area contributed by atoms with E-state index in [1.807, 2.05) is 0 Å². The summed E-state index contributed by atoms with van der Waals surface area (Å²) < 4.78 is 19.8. The molecule has 1 fully saturated rings.